The van der Waals surface area contributed by atoms with E-state index in [0.717, 1.165) is 123 Å². The van der Waals surface area contributed by atoms with Crippen molar-refractivity contribution in [3.8, 4) is 0 Å². The second kappa shape index (κ2) is 20.0. The van der Waals surface area contributed by atoms with Gasteiger partial charge in [0.25, 0.3) is 0 Å². The van der Waals surface area contributed by atoms with E-state index in [1.807, 2.05) is 0 Å². The number of hydrogen-bond donors (Lipinski definition) is 0. The van der Waals surface area contributed by atoms with Crippen LogP contribution < -0.4 is 4.57 Å². The smallest absolute Gasteiger partial charge is 0.169 e. The molecule has 7 heteroatoms. The van der Waals surface area contributed by atoms with Crippen LogP contribution in [0.3, 0.4) is 0 Å². The summed E-state index contributed by atoms with van der Waals surface area (Å²) in [6.07, 6.45) is 43.7. The van der Waals surface area contributed by atoms with Crippen molar-refractivity contribution >= 4 is 45.1 Å². The van der Waals surface area contributed by atoms with E-state index in [1.165, 1.54) is 40.7 Å². The summed E-state index contributed by atoms with van der Waals surface area (Å²) in [6.45, 7) is 11.6. The monoisotopic (exact) mass is 924 g/mol. The molecule has 0 saturated heterocycles. The van der Waals surface area contributed by atoms with Crippen LogP contribution >= 0.6 is 0 Å². The van der Waals surface area contributed by atoms with Crippen molar-refractivity contribution in [2.75, 3.05) is 13.1 Å². The van der Waals surface area contributed by atoms with Crippen molar-refractivity contribution in [1.29, 1.82) is 0 Å². The highest BCUT2D eigenvalue weighted by Gasteiger charge is 2.28. The highest BCUT2D eigenvalue weighted by atomic mass is 15.1. The molecule has 0 saturated carbocycles. The minimum atomic E-state index is 0.856. The van der Waals surface area contributed by atoms with Gasteiger partial charge in [-0.3, -0.25) is 0 Å². The van der Waals surface area contributed by atoms with E-state index in [4.69, 9.17) is 20.0 Å². The summed E-state index contributed by atoms with van der Waals surface area (Å²) in [5.74, 6) is 0. The van der Waals surface area contributed by atoms with Crippen molar-refractivity contribution in [3.05, 3.63) is 268 Å². The number of aryl methyl sites for hydroxylation is 4. The van der Waals surface area contributed by atoms with E-state index in [9.17, 15) is 0 Å². The number of fused-ring (bicyclic) bond motifs is 4. The Hall–Kier alpha value is -8.29. The topological polar surface area (TPSA) is 59.8 Å². The number of benzene rings is 3. The van der Waals surface area contributed by atoms with Gasteiger partial charge in [-0.15, -0.1) is 0 Å². The standard InChI is InChI=1S/C64H58N7/c1-5-6-35-69-38-29-47(30-39-69)48-31-40-70(41-32-48)36-7-8-37-71-42-33-52(34-43-71)64-59-27-25-57(67-59)62(50-17-11-45(3)12-18-50)55-23-21-53(65-55)61(49-15-9-44(2)10-16-49)54-22-24-56(66-54)63(58-26-28-60(64)68-58)51-19-13-46(4)14-20-51/h9-34,38-43H,5-8,35-37H2,1-4H3/q+1. The van der Waals surface area contributed by atoms with Crippen molar-refractivity contribution in [2.45, 2.75) is 59.9 Å². The molecule has 0 aliphatic carbocycles. The molecule has 0 amide bonds. The zero-order valence-corrected chi connectivity index (χ0v) is 41.1. The second-order valence-electron chi connectivity index (χ2n) is 19.0. The van der Waals surface area contributed by atoms with Crippen molar-refractivity contribution in [1.82, 2.24) is 9.80 Å². The lowest BCUT2D eigenvalue weighted by Gasteiger charge is -2.21. The molecular weight excluding hydrogens is 867 g/mol. The molecule has 4 aromatic rings. The van der Waals surface area contributed by atoms with Gasteiger partial charge in [0.2, 0.25) is 0 Å². The summed E-state index contributed by atoms with van der Waals surface area (Å²) in [5, 5.41) is 0. The lowest BCUT2D eigenvalue weighted by Crippen LogP contribution is -2.33. The number of aliphatic imine (C=N–C) groups is 4. The van der Waals surface area contributed by atoms with Crippen LogP contribution in [0, 0.1) is 20.8 Å². The average Bonchev–Trinajstić information content (AvgIpc) is 4.26. The molecule has 7 aliphatic heterocycles. The molecule has 3 aromatic carbocycles. The third-order valence-electron chi connectivity index (χ3n) is 13.8. The fourth-order valence-corrected chi connectivity index (χ4v) is 9.73. The number of pyridine rings is 1. The SMILES string of the molecule is CCCCN1C=CC(=C2C=CN(CCCC[n+]3ccc(C4=C5C=CC(=N5)C(c5ccc(C)cc5)=C5C=CC(=N5)C(c5ccc(C)cc5)=C5C=CC(=N5)C(c5ccc(C)cc5)=C5C=CC4=N5)cc3)C=C2)C=C1. The van der Waals surface area contributed by atoms with Crippen LogP contribution in [0.15, 0.2) is 249 Å². The van der Waals surface area contributed by atoms with Crippen molar-refractivity contribution < 1.29 is 4.57 Å². The number of nitrogens with zero attached hydrogens (tertiary/aromatic N) is 7. The molecule has 348 valence electrons. The summed E-state index contributed by atoms with van der Waals surface area (Å²) >= 11 is 0. The van der Waals surface area contributed by atoms with E-state index in [1.54, 1.807) is 0 Å². The van der Waals surface area contributed by atoms with Crippen molar-refractivity contribution in [2.24, 2.45) is 20.0 Å². The molecule has 0 N–H and O–H groups in total. The van der Waals surface area contributed by atoms with E-state index in [0.29, 0.717) is 0 Å². The molecule has 8 heterocycles. The van der Waals surface area contributed by atoms with E-state index in [-0.39, 0.29) is 0 Å². The van der Waals surface area contributed by atoms with Crippen molar-refractivity contribution in [3.63, 3.8) is 0 Å². The second-order valence-corrected chi connectivity index (χ2v) is 19.0. The molecule has 0 unspecified atom stereocenters. The van der Waals surface area contributed by atoms with E-state index in [2.05, 4.69) is 237 Å². The summed E-state index contributed by atoms with van der Waals surface area (Å²) < 4.78 is 2.29. The van der Waals surface area contributed by atoms with Gasteiger partial charge in [-0.1, -0.05) is 103 Å². The third-order valence-corrected chi connectivity index (χ3v) is 13.8. The minimum Gasteiger partial charge on any atom is -0.354 e. The largest absolute Gasteiger partial charge is 0.354 e. The van der Waals surface area contributed by atoms with Crippen LogP contribution in [-0.4, -0.2) is 45.7 Å². The zero-order chi connectivity index (χ0) is 48.3. The Morgan fingerprint density at radius 3 is 1.03 bits per heavy atom. The molecule has 7 nitrogen and oxygen atoms in total. The molecule has 8 bridgehead atoms. The van der Waals surface area contributed by atoms with E-state index < -0.39 is 0 Å². The fourth-order valence-electron chi connectivity index (χ4n) is 9.73. The minimum absolute atomic E-state index is 0.856. The first-order chi connectivity index (χ1) is 34.8. The Balaban J connectivity index is 0.929. The molecular formula is C64H58N7+. The van der Waals surface area contributed by atoms with Gasteiger partial charge in [0.1, 0.15) is 6.54 Å². The quantitative estimate of drug-likeness (QED) is 0.105. The van der Waals surface area contributed by atoms with Crippen LogP contribution in [0.5, 0.6) is 0 Å². The van der Waals surface area contributed by atoms with Gasteiger partial charge in [0.05, 0.1) is 45.6 Å². The Morgan fingerprint density at radius 1 is 0.366 bits per heavy atom. The number of rotatable bonds is 12. The van der Waals surface area contributed by atoms with Crippen LogP contribution in [-0.2, 0) is 6.54 Å². The fraction of sp³-hybridized carbons (Fsp3) is 0.172. The molecule has 0 radical (unpaired) electrons. The Morgan fingerprint density at radius 2 is 0.690 bits per heavy atom. The summed E-state index contributed by atoms with van der Waals surface area (Å²) in [4.78, 5) is 26.4. The van der Waals surface area contributed by atoms with Gasteiger partial charge >= 0.3 is 0 Å². The first-order valence-electron chi connectivity index (χ1n) is 25.1. The average molecular weight is 925 g/mol. The number of aromatic nitrogens is 1. The van der Waals surface area contributed by atoms with Crippen LogP contribution in [0.25, 0.3) is 22.3 Å². The lowest BCUT2D eigenvalue weighted by atomic mass is 9.97. The number of hydrogen-bond acceptors (Lipinski definition) is 6. The maximum Gasteiger partial charge on any atom is 0.169 e. The van der Waals surface area contributed by atoms with E-state index >= 15 is 0 Å². The lowest BCUT2D eigenvalue weighted by molar-refractivity contribution is -0.697. The molecule has 7 aliphatic rings. The normalized spacial score (nSPS) is 17.8. The van der Waals surface area contributed by atoms with Gasteiger partial charge in [-0.2, -0.15) is 0 Å². The van der Waals surface area contributed by atoms with Crippen LogP contribution in [0.4, 0.5) is 0 Å². The first-order valence-corrected chi connectivity index (χ1v) is 25.1. The van der Waals surface area contributed by atoms with Gasteiger partial charge in [0.15, 0.2) is 12.4 Å². The summed E-state index contributed by atoms with van der Waals surface area (Å²) in [6, 6.07) is 30.4. The molecule has 11 rings (SSSR count). The molecule has 0 fully saturated rings. The van der Waals surface area contributed by atoms with Gasteiger partial charge in [-0.25, -0.2) is 24.5 Å². The Kier molecular flexibility index (Phi) is 12.7. The predicted molar refractivity (Wildman–Crippen MR) is 295 cm³/mol. The summed E-state index contributed by atoms with van der Waals surface area (Å²) in [7, 11) is 0. The Labute approximate surface area is 418 Å². The Bertz CT molecular complexity index is 3280. The third kappa shape index (κ3) is 9.69. The van der Waals surface area contributed by atoms with Crippen LogP contribution in [0.1, 0.15) is 71.6 Å². The summed E-state index contributed by atoms with van der Waals surface area (Å²) in [5.41, 5.74) is 21.1. The molecule has 71 heavy (non-hydrogen) atoms. The predicted octanol–water partition coefficient (Wildman–Crippen LogP) is 13.5. The number of unbranched alkanes of at least 4 members (excludes halogenated alkanes) is 2. The van der Waals surface area contributed by atoms with Gasteiger partial charge in [-0.05, 0) is 140 Å². The van der Waals surface area contributed by atoms with Gasteiger partial charge < -0.3 is 9.80 Å². The number of allylic oxidation sites excluding steroid dienone is 18. The molecule has 0 atom stereocenters. The first kappa shape index (κ1) is 45.2. The van der Waals surface area contributed by atoms with Gasteiger partial charge in [0, 0.05) is 78.7 Å². The maximum absolute atomic E-state index is 5.49. The molecule has 0 spiro atoms. The zero-order valence-electron chi connectivity index (χ0n) is 41.1. The molecule has 1 aromatic heterocycles. The highest BCUT2D eigenvalue weighted by Crippen LogP contribution is 2.39. The maximum atomic E-state index is 5.49. The highest BCUT2D eigenvalue weighted by molar-refractivity contribution is 6.39. The van der Waals surface area contributed by atoms with Crippen LogP contribution in [0.2, 0.25) is 0 Å².